The molecule has 1 saturated heterocycles. The molecule has 0 saturated carbocycles. The molecular weight excluding hydrogens is 316 g/mol. The molecule has 0 aliphatic carbocycles. The molecule has 1 aromatic carbocycles. The molecule has 1 fully saturated rings. The van der Waals surface area contributed by atoms with E-state index in [1.165, 1.54) is 18.3 Å². The number of non-ortho nitro benzene ring substituents is 1. The summed E-state index contributed by atoms with van der Waals surface area (Å²) in [5, 5.41) is 14.8. The van der Waals surface area contributed by atoms with Crippen LogP contribution in [0.3, 0.4) is 0 Å². The maximum absolute atomic E-state index is 11.9. The molecule has 1 N–H and O–H groups in total. The van der Waals surface area contributed by atoms with Crippen LogP contribution in [0.25, 0.3) is 0 Å². The van der Waals surface area contributed by atoms with E-state index in [9.17, 15) is 14.9 Å². The van der Waals surface area contributed by atoms with Crippen molar-refractivity contribution in [3.63, 3.8) is 0 Å². The zero-order valence-electron chi connectivity index (χ0n) is 13.8. The highest BCUT2D eigenvalue weighted by Gasteiger charge is 2.33. The summed E-state index contributed by atoms with van der Waals surface area (Å²) in [6, 6.07) is 4.44. The van der Waals surface area contributed by atoms with Crippen LogP contribution in [0, 0.1) is 10.1 Å². The number of nitro benzene ring substituents is 1. The van der Waals surface area contributed by atoms with Crippen LogP contribution in [0.2, 0.25) is 0 Å². The number of nitrogens with one attached hydrogen (secondary N) is 1. The van der Waals surface area contributed by atoms with E-state index in [2.05, 4.69) is 10.5 Å². The minimum absolute atomic E-state index is 0.0137. The molecule has 9 nitrogen and oxygen atoms in total. The molecule has 0 aromatic heterocycles. The molecule has 1 aliphatic rings. The van der Waals surface area contributed by atoms with Gasteiger partial charge in [0.15, 0.2) is 5.79 Å². The Balaban J connectivity index is 2.05. The lowest BCUT2D eigenvalue weighted by atomic mass is 10.1. The summed E-state index contributed by atoms with van der Waals surface area (Å²) >= 11 is 0. The summed E-state index contributed by atoms with van der Waals surface area (Å²) in [5.41, 5.74) is 3.60. The lowest BCUT2D eigenvalue weighted by Crippen LogP contribution is -2.33. The highest BCUT2D eigenvalue weighted by Crippen LogP contribution is 2.23. The first-order chi connectivity index (χ1) is 11.3. The fourth-order valence-electron chi connectivity index (χ4n) is 2.33. The van der Waals surface area contributed by atoms with E-state index in [1.807, 2.05) is 14.1 Å². The average Bonchev–Trinajstić information content (AvgIpc) is 2.92. The number of carbonyl (C=O) groups excluding carboxylic acids is 1. The third-order valence-corrected chi connectivity index (χ3v) is 3.48. The van der Waals surface area contributed by atoms with Crippen LogP contribution in [-0.4, -0.2) is 50.1 Å². The molecule has 1 heterocycles. The molecule has 24 heavy (non-hydrogen) atoms. The van der Waals surface area contributed by atoms with Crippen molar-refractivity contribution in [2.24, 2.45) is 5.10 Å². The minimum atomic E-state index is -0.931. The molecule has 1 aromatic rings. The van der Waals surface area contributed by atoms with Crippen molar-refractivity contribution in [1.29, 1.82) is 0 Å². The van der Waals surface area contributed by atoms with E-state index < -0.39 is 10.7 Å². The third kappa shape index (κ3) is 4.49. The van der Waals surface area contributed by atoms with E-state index in [0.29, 0.717) is 18.8 Å². The Hall–Kier alpha value is -2.52. The topological polar surface area (TPSA) is 106 Å². The highest BCUT2D eigenvalue weighted by atomic mass is 16.7. The number of amides is 1. The number of rotatable bonds is 6. The van der Waals surface area contributed by atoms with Gasteiger partial charge in [0.1, 0.15) is 0 Å². The van der Waals surface area contributed by atoms with Crippen LogP contribution >= 0.6 is 0 Å². The van der Waals surface area contributed by atoms with Crippen LogP contribution in [0.15, 0.2) is 23.3 Å². The lowest BCUT2D eigenvalue weighted by molar-refractivity contribution is -0.384. The Morgan fingerprint density at radius 2 is 2.12 bits per heavy atom. The molecule has 130 valence electrons. The number of ether oxygens (including phenoxy) is 2. The Morgan fingerprint density at radius 3 is 2.71 bits per heavy atom. The SMILES string of the molecule is CN(C)c1ccc([N+](=O)[O-])cc1/C=N\NC(=O)CC1(C)OCCO1. The Kier molecular flexibility index (Phi) is 5.47. The molecule has 0 radical (unpaired) electrons. The van der Waals surface area contributed by atoms with Gasteiger partial charge in [0.05, 0.1) is 30.8 Å². The maximum atomic E-state index is 11.9. The van der Waals surface area contributed by atoms with Gasteiger partial charge in [0, 0.05) is 37.5 Å². The normalized spacial score (nSPS) is 16.3. The minimum Gasteiger partial charge on any atom is -0.377 e. The van der Waals surface area contributed by atoms with Crippen molar-refractivity contribution in [3.05, 3.63) is 33.9 Å². The van der Waals surface area contributed by atoms with Crippen molar-refractivity contribution >= 4 is 23.5 Å². The van der Waals surface area contributed by atoms with Gasteiger partial charge in [-0.05, 0) is 13.0 Å². The number of hydrazone groups is 1. The van der Waals surface area contributed by atoms with E-state index in [1.54, 1.807) is 17.9 Å². The molecule has 0 spiro atoms. The number of carbonyl (C=O) groups is 1. The van der Waals surface area contributed by atoms with Gasteiger partial charge in [-0.25, -0.2) is 5.43 Å². The van der Waals surface area contributed by atoms with Gasteiger partial charge < -0.3 is 14.4 Å². The van der Waals surface area contributed by atoms with Crippen molar-refractivity contribution in [1.82, 2.24) is 5.43 Å². The Bertz CT molecular complexity index is 653. The number of hydrogen-bond donors (Lipinski definition) is 1. The van der Waals surface area contributed by atoms with Crippen molar-refractivity contribution in [2.75, 3.05) is 32.2 Å². The number of nitro groups is 1. The monoisotopic (exact) mass is 336 g/mol. The predicted octanol–water partition coefficient (Wildman–Crippen LogP) is 1.26. The first kappa shape index (κ1) is 17.8. The van der Waals surface area contributed by atoms with Gasteiger partial charge >= 0.3 is 0 Å². The van der Waals surface area contributed by atoms with Crippen molar-refractivity contribution in [3.8, 4) is 0 Å². The van der Waals surface area contributed by atoms with Crippen LogP contribution in [0.5, 0.6) is 0 Å². The summed E-state index contributed by atoms with van der Waals surface area (Å²) in [7, 11) is 3.62. The molecule has 1 amide bonds. The molecule has 1 aliphatic heterocycles. The number of anilines is 1. The van der Waals surface area contributed by atoms with Crippen LogP contribution in [0.1, 0.15) is 18.9 Å². The molecule has 0 atom stereocenters. The largest absolute Gasteiger partial charge is 0.377 e. The second kappa shape index (κ2) is 7.37. The summed E-state index contributed by atoms with van der Waals surface area (Å²) in [6.45, 7) is 2.59. The lowest BCUT2D eigenvalue weighted by Gasteiger charge is -2.20. The van der Waals surface area contributed by atoms with Gasteiger partial charge in [-0.3, -0.25) is 14.9 Å². The maximum Gasteiger partial charge on any atom is 0.270 e. The molecule has 0 unspecified atom stereocenters. The number of benzene rings is 1. The summed E-state index contributed by atoms with van der Waals surface area (Å²) < 4.78 is 10.7. The van der Waals surface area contributed by atoms with E-state index in [4.69, 9.17) is 9.47 Å². The van der Waals surface area contributed by atoms with E-state index in [0.717, 1.165) is 5.69 Å². The third-order valence-electron chi connectivity index (χ3n) is 3.48. The second-order valence-corrected chi connectivity index (χ2v) is 5.70. The summed E-state index contributed by atoms with van der Waals surface area (Å²) in [5.74, 6) is -1.30. The Labute approximate surface area is 139 Å². The first-order valence-electron chi connectivity index (χ1n) is 7.36. The Morgan fingerprint density at radius 1 is 1.46 bits per heavy atom. The smallest absolute Gasteiger partial charge is 0.270 e. The van der Waals surface area contributed by atoms with Gasteiger partial charge in [-0.2, -0.15) is 5.10 Å². The predicted molar refractivity (Wildman–Crippen MR) is 88.1 cm³/mol. The molecular formula is C15H20N4O5. The quantitative estimate of drug-likeness (QED) is 0.476. The molecule has 0 bridgehead atoms. The van der Waals surface area contributed by atoms with Gasteiger partial charge in [-0.15, -0.1) is 0 Å². The zero-order chi connectivity index (χ0) is 17.7. The van der Waals surface area contributed by atoms with Crippen molar-refractivity contribution in [2.45, 2.75) is 19.1 Å². The fraction of sp³-hybridized carbons (Fsp3) is 0.467. The number of hydrogen-bond acceptors (Lipinski definition) is 7. The first-order valence-corrected chi connectivity index (χ1v) is 7.36. The van der Waals surface area contributed by atoms with Gasteiger partial charge in [0.2, 0.25) is 5.91 Å². The highest BCUT2D eigenvalue weighted by molar-refractivity contribution is 5.90. The fourth-order valence-corrected chi connectivity index (χ4v) is 2.33. The van der Waals surface area contributed by atoms with E-state index in [-0.39, 0.29) is 18.0 Å². The van der Waals surface area contributed by atoms with Crippen LogP contribution in [-0.2, 0) is 14.3 Å². The second-order valence-electron chi connectivity index (χ2n) is 5.70. The zero-order valence-corrected chi connectivity index (χ0v) is 13.8. The van der Waals surface area contributed by atoms with Crippen LogP contribution < -0.4 is 10.3 Å². The van der Waals surface area contributed by atoms with Crippen LogP contribution in [0.4, 0.5) is 11.4 Å². The van der Waals surface area contributed by atoms with Gasteiger partial charge in [0.25, 0.3) is 5.69 Å². The van der Waals surface area contributed by atoms with Crippen molar-refractivity contribution < 1.29 is 19.2 Å². The van der Waals surface area contributed by atoms with E-state index >= 15 is 0 Å². The van der Waals surface area contributed by atoms with Gasteiger partial charge in [-0.1, -0.05) is 0 Å². The molecule has 9 heteroatoms. The standard InChI is InChI=1S/C15H20N4O5/c1-15(23-6-7-24-15)9-14(20)17-16-10-11-8-12(19(21)22)4-5-13(11)18(2)3/h4-5,8,10H,6-7,9H2,1-3H3,(H,17,20)/b16-10-. The number of nitrogens with zero attached hydrogens (tertiary/aromatic N) is 3. The molecule has 2 rings (SSSR count). The summed E-state index contributed by atoms with van der Waals surface area (Å²) in [4.78, 5) is 24.1. The average molecular weight is 336 g/mol. The summed E-state index contributed by atoms with van der Waals surface area (Å²) in [6.07, 6.45) is 1.39.